The molecule has 25 heavy (non-hydrogen) atoms. The van der Waals surface area contributed by atoms with E-state index in [9.17, 15) is 14.6 Å². The fourth-order valence-corrected chi connectivity index (χ4v) is 2.72. The Morgan fingerprint density at radius 2 is 1.52 bits per heavy atom. The molecule has 0 unspecified atom stereocenters. The second kappa shape index (κ2) is 5.59. The highest BCUT2D eigenvalue weighted by molar-refractivity contribution is 5.77. The van der Waals surface area contributed by atoms with E-state index in [1.807, 2.05) is 0 Å². The molecule has 0 fully saturated rings. The fraction of sp³-hybridized carbons (Fsp3) is 0.0526. The molecule has 6 heteroatoms. The van der Waals surface area contributed by atoms with Gasteiger partial charge in [-0.05, 0) is 55.5 Å². The summed E-state index contributed by atoms with van der Waals surface area (Å²) in [4.78, 5) is 9.03. The molecular formula is C19H14FN3O2. The van der Waals surface area contributed by atoms with Gasteiger partial charge in [0.05, 0.1) is 5.69 Å². The van der Waals surface area contributed by atoms with Crippen molar-refractivity contribution in [2.45, 2.75) is 6.92 Å². The molecule has 4 aromatic rings. The van der Waals surface area contributed by atoms with Crippen molar-refractivity contribution in [3.63, 3.8) is 0 Å². The standard InChI is InChI=1S/C19H14FN3O2/c1-11-19(25)23-10-16(12-4-8-15(24)9-5-12)22-17(18(23)21-11)13-2-6-14(20)7-3-13/h2-10,24-25H,1H3. The van der Waals surface area contributed by atoms with Crippen molar-refractivity contribution in [3.05, 3.63) is 66.2 Å². The number of aromatic nitrogens is 3. The van der Waals surface area contributed by atoms with Crippen LogP contribution in [-0.2, 0) is 0 Å². The lowest BCUT2D eigenvalue weighted by molar-refractivity contribution is 0.444. The van der Waals surface area contributed by atoms with Crippen LogP contribution in [0, 0.1) is 12.7 Å². The number of nitrogens with zero attached hydrogens (tertiary/aromatic N) is 3. The van der Waals surface area contributed by atoms with Crippen molar-refractivity contribution in [2.24, 2.45) is 0 Å². The van der Waals surface area contributed by atoms with Gasteiger partial charge in [0.2, 0.25) is 5.88 Å². The molecule has 0 aliphatic carbocycles. The first-order chi connectivity index (χ1) is 12.0. The lowest BCUT2D eigenvalue weighted by Gasteiger charge is -2.08. The van der Waals surface area contributed by atoms with Crippen LogP contribution in [0.3, 0.4) is 0 Å². The number of fused-ring (bicyclic) bond motifs is 1. The smallest absolute Gasteiger partial charge is 0.219 e. The molecule has 0 aliphatic rings. The largest absolute Gasteiger partial charge is 0.508 e. The minimum Gasteiger partial charge on any atom is -0.508 e. The highest BCUT2D eigenvalue weighted by atomic mass is 19.1. The van der Waals surface area contributed by atoms with Crippen molar-refractivity contribution in [3.8, 4) is 34.1 Å². The first kappa shape index (κ1) is 15.1. The molecule has 0 atom stereocenters. The molecule has 124 valence electrons. The Hall–Kier alpha value is -3.41. The Kier molecular flexibility index (Phi) is 3.39. The predicted molar refractivity (Wildman–Crippen MR) is 91.9 cm³/mol. The molecule has 2 N–H and O–H groups in total. The zero-order chi connectivity index (χ0) is 17.6. The Morgan fingerprint density at radius 3 is 2.20 bits per heavy atom. The molecule has 2 aromatic carbocycles. The van der Waals surface area contributed by atoms with Crippen LogP contribution in [0.4, 0.5) is 4.39 Å². The second-order valence-corrected chi connectivity index (χ2v) is 5.74. The summed E-state index contributed by atoms with van der Waals surface area (Å²) in [5, 5.41) is 19.8. The lowest BCUT2D eigenvalue weighted by Crippen LogP contribution is -1.96. The third-order valence-electron chi connectivity index (χ3n) is 4.03. The predicted octanol–water partition coefficient (Wildman–Crippen LogP) is 3.92. The summed E-state index contributed by atoms with van der Waals surface area (Å²) in [5.74, 6) is -0.150. The second-order valence-electron chi connectivity index (χ2n) is 5.74. The zero-order valence-electron chi connectivity index (χ0n) is 13.3. The Labute approximate surface area is 142 Å². The number of phenols is 1. The van der Waals surface area contributed by atoms with Gasteiger partial charge in [-0.25, -0.2) is 14.4 Å². The monoisotopic (exact) mass is 335 g/mol. The van der Waals surface area contributed by atoms with E-state index in [1.165, 1.54) is 12.1 Å². The topological polar surface area (TPSA) is 70.7 Å². The van der Waals surface area contributed by atoms with Gasteiger partial charge in [0, 0.05) is 17.3 Å². The number of benzene rings is 2. The highest BCUT2D eigenvalue weighted by Crippen LogP contribution is 2.31. The van der Waals surface area contributed by atoms with Gasteiger partial charge >= 0.3 is 0 Å². The van der Waals surface area contributed by atoms with Crippen LogP contribution in [0.15, 0.2) is 54.7 Å². The number of halogens is 1. The molecule has 2 aromatic heterocycles. The zero-order valence-corrected chi connectivity index (χ0v) is 13.3. The van der Waals surface area contributed by atoms with Crippen molar-refractivity contribution in [1.82, 2.24) is 14.4 Å². The molecule has 0 saturated heterocycles. The fourth-order valence-electron chi connectivity index (χ4n) is 2.72. The van der Waals surface area contributed by atoms with E-state index in [-0.39, 0.29) is 17.4 Å². The third-order valence-corrected chi connectivity index (χ3v) is 4.03. The lowest BCUT2D eigenvalue weighted by atomic mass is 10.1. The summed E-state index contributed by atoms with van der Waals surface area (Å²) in [6.07, 6.45) is 1.68. The van der Waals surface area contributed by atoms with Crippen LogP contribution in [-0.4, -0.2) is 24.6 Å². The first-order valence-corrected chi connectivity index (χ1v) is 7.67. The van der Waals surface area contributed by atoms with Crippen LogP contribution in [0.2, 0.25) is 0 Å². The molecule has 0 aliphatic heterocycles. The SMILES string of the molecule is Cc1nc2c(-c3ccc(F)cc3)nc(-c3ccc(O)cc3)cn2c1O. The molecule has 0 spiro atoms. The van der Waals surface area contributed by atoms with Crippen molar-refractivity contribution < 1.29 is 14.6 Å². The van der Waals surface area contributed by atoms with Gasteiger partial charge in [-0.2, -0.15) is 0 Å². The number of hydrogen-bond donors (Lipinski definition) is 2. The molecule has 5 nitrogen and oxygen atoms in total. The van der Waals surface area contributed by atoms with E-state index < -0.39 is 0 Å². The third kappa shape index (κ3) is 2.57. The average molecular weight is 335 g/mol. The average Bonchev–Trinajstić information content (AvgIpc) is 2.90. The molecule has 0 amide bonds. The van der Waals surface area contributed by atoms with Crippen LogP contribution < -0.4 is 0 Å². The van der Waals surface area contributed by atoms with E-state index in [4.69, 9.17) is 0 Å². The molecule has 4 rings (SSSR count). The molecule has 0 radical (unpaired) electrons. The van der Waals surface area contributed by atoms with Gasteiger partial charge in [0.25, 0.3) is 0 Å². The van der Waals surface area contributed by atoms with Gasteiger partial charge in [-0.1, -0.05) is 0 Å². The summed E-state index contributed by atoms with van der Waals surface area (Å²) in [5.41, 5.74) is 3.57. The number of aromatic hydroxyl groups is 2. The van der Waals surface area contributed by atoms with E-state index in [0.29, 0.717) is 28.3 Å². The number of rotatable bonds is 2. The molecule has 0 saturated carbocycles. The number of hydrogen-bond acceptors (Lipinski definition) is 4. The van der Waals surface area contributed by atoms with Gasteiger partial charge in [0.1, 0.15) is 23.0 Å². The van der Waals surface area contributed by atoms with E-state index in [1.54, 1.807) is 53.9 Å². The highest BCUT2D eigenvalue weighted by Gasteiger charge is 2.16. The van der Waals surface area contributed by atoms with Crippen LogP contribution in [0.1, 0.15) is 5.69 Å². The minimum atomic E-state index is -0.336. The summed E-state index contributed by atoms with van der Waals surface area (Å²) in [6.45, 7) is 1.71. The maximum atomic E-state index is 13.3. The Morgan fingerprint density at radius 1 is 0.880 bits per heavy atom. The number of phenolic OH excluding ortho intramolecular Hbond substituents is 1. The first-order valence-electron chi connectivity index (χ1n) is 7.67. The maximum absolute atomic E-state index is 13.3. The number of imidazole rings is 1. The molecule has 2 heterocycles. The molecular weight excluding hydrogens is 321 g/mol. The normalized spacial score (nSPS) is 11.1. The van der Waals surface area contributed by atoms with Crippen molar-refractivity contribution >= 4 is 5.65 Å². The summed E-state index contributed by atoms with van der Waals surface area (Å²) >= 11 is 0. The van der Waals surface area contributed by atoms with Gasteiger partial charge in [-0.3, -0.25) is 4.40 Å². The van der Waals surface area contributed by atoms with E-state index in [2.05, 4.69) is 9.97 Å². The molecule has 0 bridgehead atoms. The maximum Gasteiger partial charge on any atom is 0.219 e. The van der Waals surface area contributed by atoms with Crippen LogP contribution in [0.25, 0.3) is 28.2 Å². The Bertz CT molecular complexity index is 1070. The summed E-state index contributed by atoms with van der Waals surface area (Å²) in [6, 6.07) is 12.6. The quantitative estimate of drug-likeness (QED) is 0.582. The van der Waals surface area contributed by atoms with Gasteiger partial charge < -0.3 is 10.2 Å². The summed E-state index contributed by atoms with van der Waals surface area (Å²) < 4.78 is 14.8. The van der Waals surface area contributed by atoms with Crippen molar-refractivity contribution in [1.29, 1.82) is 0 Å². The van der Waals surface area contributed by atoms with Crippen molar-refractivity contribution in [2.75, 3.05) is 0 Å². The summed E-state index contributed by atoms with van der Waals surface area (Å²) in [7, 11) is 0. The van der Waals surface area contributed by atoms with Gasteiger partial charge in [0.15, 0.2) is 5.65 Å². The number of aryl methyl sites for hydroxylation is 1. The minimum absolute atomic E-state index is 0.0285. The van der Waals surface area contributed by atoms with E-state index >= 15 is 0 Å². The van der Waals surface area contributed by atoms with E-state index in [0.717, 1.165) is 5.56 Å². The van der Waals surface area contributed by atoms with Crippen LogP contribution >= 0.6 is 0 Å². The van der Waals surface area contributed by atoms with Gasteiger partial charge in [-0.15, -0.1) is 0 Å². The Balaban J connectivity index is 2.01. The van der Waals surface area contributed by atoms with Crippen LogP contribution in [0.5, 0.6) is 11.6 Å².